The van der Waals surface area contributed by atoms with Crippen LogP contribution in [0.3, 0.4) is 0 Å². The molecule has 0 bridgehead atoms. The third-order valence-corrected chi connectivity index (χ3v) is 15.7. The van der Waals surface area contributed by atoms with Crippen molar-refractivity contribution in [3.8, 4) is 33.4 Å². The molecule has 3 heteroatoms. The van der Waals surface area contributed by atoms with Crippen LogP contribution in [0.5, 0.6) is 0 Å². The average molecular weight is 860 g/mol. The van der Waals surface area contributed by atoms with Crippen LogP contribution >= 0.6 is 11.3 Å². The van der Waals surface area contributed by atoms with E-state index < -0.39 is 0 Å². The second kappa shape index (κ2) is 14.0. The summed E-state index contributed by atoms with van der Waals surface area (Å²) in [5.74, 6) is 0. The molecule has 0 fully saturated rings. The van der Waals surface area contributed by atoms with E-state index in [9.17, 15) is 0 Å². The summed E-state index contributed by atoms with van der Waals surface area (Å²) in [5, 5.41) is 12.1. The summed E-state index contributed by atoms with van der Waals surface area (Å²) in [7, 11) is 0. The number of furan rings is 1. The summed E-state index contributed by atoms with van der Waals surface area (Å²) in [6.45, 7) is 4.73. The van der Waals surface area contributed by atoms with Crippen molar-refractivity contribution in [2.45, 2.75) is 19.3 Å². The Bertz CT molecular complexity index is 4150. The van der Waals surface area contributed by atoms with Gasteiger partial charge in [-0.1, -0.05) is 172 Å². The molecule has 0 spiro atoms. The molecule has 0 amide bonds. The zero-order chi connectivity index (χ0) is 43.7. The first-order valence-corrected chi connectivity index (χ1v) is 23.6. The van der Waals surface area contributed by atoms with Gasteiger partial charge in [0.2, 0.25) is 0 Å². The van der Waals surface area contributed by atoms with E-state index in [1.54, 1.807) is 0 Å². The molecular formula is C63H41NOS. The Hall–Kier alpha value is -7.98. The van der Waals surface area contributed by atoms with Crippen molar-refractivity contribution in [2.24, 2.45) is 0 Å². The van der Waals surface area contributed by atoms with Crippen LogP contribution in [0.2, 0.25) is 0 Å². The number of fused-ring (bicyclic) bond motifs is 13. The predicted molar refractivity (Wildman–Crippen MR) is 282 cm³/mol. The quantitative estimate of drug-likeness (QED) is 0.160. The molecule has 0 radical (unpaired) electrons. The van der Waals surface area contributed by atoms with Crippen molar-refractivity contribution in [3.05, 3.63) is 223 Å². The number of benzene rings is 11. The maximum Gasteiger partial charge on any atom is 0.143 e. The van der Waals surface area contributed by atoms with Gasteiger partial charge in [-0.15, -0.1) is 11.3 Å². The average Bonchev–Trinajstić information content (AvgIpc) is 4.01. The van der Waals surface area contributed by atoms with Gasteiger partial charge in [0.05, 0.1) is 11.1 Å². The highest BCUT2D eigenvalue weighted by Crippen LogP contribution is 2.53. The van der Waals surface area contributed by atoms with E-state index in [4.69, 9.17) is 4.42 Å². The zero-order valence-electron chi connectivity index (χ0n) is 36.5. The van der Waals surface area contributed by atoms with Crippen LogP contribution < -0.4 is 4.90 Å². The topological polar surface area (TPSA) is 16.4 Å². The summed E-state index contributed by atoms with van der Waals surface area (Å²) >= 11 is 1.88. The Morgan fingerprint density at radius 2 is 1.06 bits per heavy atom. The largest absolute Gasteiger partial charge is 0.455 e. The van der Waals surface area contributed by atoms with Gasteiger partial charge in [-0.25, -0.2) is 0 Å². The van der Waals surface area contributed by atoms with Gasteiger partial charge in [0, 0.05) is 47.9 Å². The van der Waals surface area contributed by atoms with E-state index in [0.717, 1.165) is 44.6 Å². The minimum atomic E-state index is -0.162. The molecule has 0 N–H and O–H groups in total. The van der Waals surface area contributed by atoms with Crippen molar-refractivity contribution in [2.75, 3.05) is 4.90 Å². The first-order valence-electron chi connectivity index (χ1n) is 22.8. The predicted octanol–water partition coefficient (Wildman–Crippen LogP) is 18.5. The van der Waals surface area contributed by atoms with Crippen LogP contribution in [0.1, 0.15) is 25.0 Å². The number of anilines is 3. The summed E-state index contributed by atoms with van der Waals surface area (Å²) in [6, 6.07) is 78.3. The highest BCUT2D eigenvalue weighted by molar-refractivity contribution is 7.26. The minimum Gasteiger partial charge on any atom is -0.455 e. The summed E-state index contributed by atoms with van der Waals surface area (Å²) in [4.78, 5) is 2.46. The van der Waals surface area contributed by atoms with E-state index in [0.29, 0.717) is 0 Å². The lowest BCUT2D eigenvalue weighted by Crippen LogP contribution is -2.16. The third kappa shape index (κ3) is 5.35. The summed E-state index contributed by atoms with van der Waals surface area (Å²) in [5.41, 5.74) is 14.9. The van der Waals surface area contributed by atoms with Gasteiger partial charge in [-0.05, 0) is 126 Å². The van der Waals surface area contributed by atoms with E-state index >= 15 is 0 Å². The minimum absolute atomic E-state index is 0.162. The molecule has 1 aliphatic carbocycles. The monoisotopic (exact) mass is 859 g/mol. The number of rotatable bonds is 5. The summed E-state index contributed by atoms with van der Waals surface area (Å²) in [6.07, 6.45) is 0. The van der Waals surface area contributed by atoms with Crippen LogP contribution in [0.15, 0.2) is 217 Å². The molecule has 2 aromatic heterocycles. The van der Waals surface area contributed by atoms with Crippen molar-refractivity contribution in [3.63, 3.8) is 0 Å². The Kier molecular flexibility index (Phi) is 7.94. The Morgan fingerprint density at radius 1 is 0.424 bits per heavy atom. The Balaban J connectivity index is 1.02. The van der Waals surface area contributed by atoms with Gasteiger partial charge < -0.3 is 9.32 Å². The fourth-order valence-electron chi connectivity index (χ4n) is 11.3. The fraction of sp³-hybridized carbons (Fsp3) is 0.0476. The number of hydrogen-bond donors (Lipinski definition) is 0. The van der Waals surface area contributed by atoms with Crippen LogP contribution in [0.25, 0.3) is 108 Å². The van der Waals surface area contributed by atoms with Crippen LogP contribution in [-0.2, 0) is 5.41 Å². The lowest BCUT2D eigenvalue weighted by Gasteiger charge is -2.29. The molecule has 0 atom stereocenters. The van der Waals surface area contributed by atoms with Gasteiger partial charge >= 0.3 is 0 Å². The Morgan fingerprint density at radius 3 is 1.91 bits per heavy atom. The third-order valence-electron chi connectivity index (χ3n) is 14.4. The lowest BCUT2D eigenvalue weighted by atomic mass is 9.82. The van der Waals surface area contributed by atoms with E-state index in [1.807, 2.05) is 11.3 Å². The summed E-state index contributed by atoms with van der Waals surface area (Å²) < 4.78 is 9.87. The van der Waals surface area contributed by atoms with Gasteiger partial charge in [-0.2, -0.15) is 0 Å². The van der Waals surface area contributed by atoms with Crippen LogP contribution in [0.4, 0.5) is 17.1 Å². The van der Waals surface area contributed by atoms with E-state index in [1.165, 1.54) is 91.4 Å². The molecule has 2 heterocycles. The van der Waals surface area contributed by atoms with E-state index in [-0.39, 0.29) is 5.41 Å². The molecular weight excluding hydrogens is 819 g/mol. The standard InChI is InChI=1S/C63H41NOS/c1-63(2)54-25-11-9-21-48(54)49-34-33-42(37-55(49)63)64(41-31-29-38(30-32-41)45-23-13-24-51-50-22-10-12-28-58(50)66-62(45)51)56-26-14-27-57-60(56)53-36-40-16-4-6-18-44(40)59(61(53)65-57)52-35-39-15-3-5-17-43(39)46-19-7-8-20-47(46)52/h3-37H,1-2H3. The smallest absolute Gasteiger partial charge is 0.143 e. The van der Waals surface area contributed by atoms with Gasteiger partial charge in [0.25, 0.3) is 0 Å². The molecule has 11 aromatic carbocycles. The van der Waals surface area contributed by atoms with Gasteiger partial charge in [0.15, 0.2) is 0 Å². The van der Waals surface area contributed by atoms with Crippen LogP contribution in [-0.4, -0.2) is 0 Å². The first kappa shape index (κ1) is 37.4. The zero-order valence-corrected chi connectivity index (χ0v) is 37.3. The second-order valence-electron chi connectivity index (χ2n) is 18.4. The van der Waals surface area contributed by atoms with E-state index in [2.05, 4.69) is 231 Å². The number of hydrogen-bond acceptors (Lipinski definition) is 3. The molecule has 0 aliphatic heterocycles. The normalized spacial score (nSPS) is 13.1. The molecule has 310 valence electrons. The van der Waals surface area contributed by atoms with Crippen LogP contribution in [0, 0.1) is 0 Å². The molecule has 0 saturated carbocycles. The first-order chi connectivity index (χ1) is 32.5. The molecule has 0 saturated heterocycles. The molecule has 66 heavy (non-hydrogen) atoms. The number of nitrogens with zero attached hydrogens (tertiary/aromatic N) is 1. The number of thiophene rings is 1. The highest BCUT2D eigenvalue weighted by atomic mass is 32.1. The van der Waals surface area contributed by atoms with Gasteiger partial charge in [-0.3, -0.25) is 0 Å². The fourth-order valence-corrected chi connectivity index (χ4v) is 12.6. The van der Waals surface area contributed by atoms with Crippen molar-refractivity contribution >= 4 is 103 Å². The lowest BCUT2D eigenvalue weighted by molar-refractivity contribution is 0.660. The van der Waals surface area contributed by atoms with Crippen molar-refractivity contribution < 1.29 is 4.42 Å². The maximum atomic E-state index is 7.24. The second-order valence-corrected chi connectivity index (χ2v) is 19.4. The molecule has 2 nitrogen and oxygen atoms in total. The molecule has 1 aliphatic rings. The van der Waals surface area contributed by atoms with Crippen molar-refractivity contribution in [1.29, 1.82) is 0 Å². The maximum absolute atomic E-state index is 7.24. The van der Waals surface area contributed by atoms with Crippen molar-refractivity contribution in [1.82, 2.24) is 0 Å². The molecule has 0 unspecified atom stereocenters. The SMILES string of the molecule is CC1(C)c2ccccc2-c2ccc(N(c3ccc(-c4cccc5c4sc4ccccc45)cc3)c3cccc4oc5c(-c6cc7ccccc7c7ccccc67)c6ccccc6cc5c34)cc21. The van der Waals surface area contributed by atoms with Gasteiger partial charge in [0.1, 0.15) is 11.2 Å². The highest BCUT2D eigenvalue weighted by Gasteiger charge is 2.36. The molecule has 13 aromatic rings. The molecule has 14 rings (SSSR count). The Labute approximate surface area is 386 Å².